The lowest BCUT2D eigenvalue weighted by molar-refractivity contribution is -0.216. The summed E-state index contributed by atoms with van der Waals surface area (Å²) in [6.45, 7) is 0.415. The van der Waals surface area contributed by atoms with Crippen LogP contribution in [0.4, 0.5) is 8.78 Å². The van der Waals surface area contributed by atoms with Gasteiger partial charge in [-0.1, -0.05) is 22.0 Å². The summed E-state index contributed by atoms with van der Waals surface area (Å²) in [6.07, 6.45) is -0.139. The van der Waals surface area contributed by atoms with Gasteiger partial charge in [0, 0.05) is 38.7 Å². The number of hydrogen-bond acceptors (Lipinski definition) is 10. The van der Waals surface area contributed by atoms with Crippen LogP contribution in [0.15, 0.2) is 24.5 Å². The molecule has 3 N–H and O–H groups in total. The predicted molar refractivity (Wildman–Crippen MR) is 126 cm³/mol. The average Bonchev–Trinajstić information content (AvgIpc) is 3.59. The van der Waals surface area contributed by atoms with E-state index in [2.05, 4.69) is 20.6 Å². The Balaban J connectivity index is 1.42. The molecular formula is C23H27ClF2N6O6. The van der Waals surface area contributed by atoms with Crippen LogP contribution in [-0.4, -0.2) is 96.7 Å². The monoisotopic (exact) mass is 556 g/mol. The van der Waals surface area contributed by atoms with Crippen LogP contribution in [0.5, 0.6) is 0 Å². The second-order valence-corrected chi connectivity index (χ2v) is 9.76. The van der Waals surface area contributed by atoms with Crippen LogP contribution < -0.4 is 0 Å². The Morgan fingerprint density at radius 3 is 2.61 bits per heavy atom. The normalized spacial score (nSPS) is 27.5. The third-order valence-electron chi connectivity index (χ3n) is 7.06. The Hall–Kier alpha value is -2.59. The van der Waals surface area contributed by atoms with Crippen molar-refractivity contribution in [2.45, 2.75) is 55.4 Å². The maximum Gasteiger partial charge on any atom is 0.178 e. The molecule has 1 aromatic carbocycles. The molecule has 2 aliphatic rings. The SMILES string of the molecule is CO[C@@H]1[C@@H](n2cc(-c3ccc(Cl)c(F)c3F)nn2)[C@@H](O)[C@@H](CO)O[C@@H]1Cn1cc(C2(O)CCOCC2)nn1. The molecule has 4 heterocycles. The summed E-state index contributed by atoms with van der Waals surface area (Å²) in [5.41, 5.74) is -0.900. The van der Waals surface area contributed by atoms with Gasteiger partial charge in [0.2, 0.25) is 0 Å². The molecule has 0 amide bonds. The van der Waals surface area contributed by atoms with Gasteiger partial charge in [-0.2, -0.15) is 0 Å². The van der Waals surface area contributed by atoms with Crippen LogP contribution in [0.2, 0.25) is 5.02 Å². The van der Waals surface area contributed by atoms with Gasteiger partial charge in [0.25, 0.3) is 0 Å². The Morgan fingerprint density at radius 2 is 1.89 bits per heavy atom. The number of rotatable bonds is 7. The summed E-state index contributed by atoms with van der Waals surface area (Å²) in [7, 11) is 1.42. The van der Waals surface area contributed by atoms with Gasteiger partial charge in [0.05, 0.1) is 30.6 Å². The largest absolute Gasteiger partial charge is 0.394 e. The number of halogens is 3. The molecule has 3 aromatic rings. The van der Waals surface area contributed by atoms with Gasteiger partial charge in [-0.05, 0) is 12.1 Å². The highest BCUT2D eigenvalue weighted by molar-refractivity contribution is 6.30. The quantitative estimate of drug-likeness (QED) is 0.357. The van der Waals surface area contributed by atoms with Crippen LogP contribution >= 0.6 is 11.6 Å². The molecule has 2 saturated heterocycles. The first-order valence-electron chi connectivity index (χ1n) is 12.0. The van der Waals surface area contributed by atoms with E-state index < -0.39 is 54.3 Å². The van der Waals surface area contributed by atoms with Gasteiger partial charge in [0.1, 0.15) is 47.4 Å². The van der Waals surface area contributed by atoms with Crippen LogP contribution in [0.3, 0.4) is 0 Å². The molecule has 12 nitrogen and oxygen atoms in total. The van der Waals surface area contributed by atoms with E-state index in [1.807, 2.05) is 0 Å². The molecule has 0 spiro atoms. The highest BCUT2D eigenvalue weighted by atomic mass is 35.5. The lowest BCUT2D eigenvalue weighted by Crippen LogP contribution is -2.57. The number of benzene rings is 1. The van der Waals surface area contributed by atoms with E-state index in [9.17, 15) is 24.1 Å². The molecule has 206 valence electrons. The number of aliphatic hydroxyl groups excluding tert-OH is 2. The first-order chi connectivity index (χ1) is 18.3. The van der Waals surface area contributed by atoms with E-state index in [1.165, 1.54) is 34.8 Å². The molecule has 15 heteroatoms. The van der Waals surface area contributed by atoms with Crippen molar-refractivity contribution < 1.29 is 38.3 Å². The first kappa shape index (κ1) is 27.0. The summed E-state index contributed by atoms with van der Waals surface area (Å²) in [4.78, 5) is 0. The molecule has 0 unspecified atom stereocenters. The number of ether oxygens (including phenoxy) is 3. The average molecular weight is 557 g/mol. The highest BCUT2D eigenvalue weighted by Crippen LogP contribution is 2.35. The van der Waals surface area contributed by atoms with E-state index >= 15 is 0 Å². The van der Waals surface area contributed by atoms with Crippen molar-refractivity contribution in [2.75, 3.05) is 26.9 Å². The predicted octanol–water partition coefficient (Wildman–Crippen LogP) is 0.843. The highest BCUT2D eigenvalue weighted by Gasteiger charge is 2.47. The van der Waals surface area contributed by atoms with Crippen LogP contribution in [-0.2, 0) is 26.4 Å². The van der Waals surface area contributed by atoms with Gasteiger partial charge in [-0.3, -0.25) is 0 Å². The minimum Gasteiger partial charge on any atom is -0.394 e. The number of aliphatic hydroxyl groups is 3. The lowest BCUT2D eigenvalue weighted by Gasteiger charge is -2.43. The van der Waals surface area contributed by atoms with E-state index in [0.29, 0.717) is 31.7 Å². The Bertz CT molecular complexity index is 1270. The van der Waals surface area contributed by atoms with Crippen molar-refractivity contribution in [3.63, 3.8) is 0 Å². The zero-order valence-corrected chi connectivity index (χ0v) is 21.1. The second-order valence-electron chi connectivity index (χ2n) is 9.35. The maximum atomic E-state index is 14.5. The second kappa shape index (κ2) is 10.9. The molecule has 2 aliphatic heterocycles. The number of hydrogen-bond donors (Lipinski definition) is 3. The fourth-order valence-electron chi connectivity index (χ4n) is 4.93. The fourth-order valence-corrected chi connectivity index (χ4v) is 5.08. The fraction of sp³-hybridized carbons (Fsp3) is 0.565. The molecule has 5 rings (SSSR count). The number of nitrogens with zero attached hydrogens (tertiary/aromatic N) is 6. The van der Waals surface area contributed by atoms with Crippen LogP contribution in [0.25, 0.3) is 11.3 Å². The number of aromatic nitrogens is 6. The smallest absolute Gasteiger partial charge is 0.178 e. The Morgan fingerprint density at radius 1 is 1.13 bits per heavy atom. The number of methoxy groups -OCH3 is 1. The van der Waals surface area contributed by atoms with E-state index in [0.717, 1.165) is 0 Å². The van der Waals surface area contributed by atoms with Crippen molar-refractivity contribution in [2.24, 2.45) is 0 Å². The molecule has 0 bridgehead atoms. The molecule has 0 saturated carbocycles. The van der Waals surface area contributed by atoms with Crippen molar-refractivity contribution >= 4 is 11.6 Å². The van der Waals surface area contributed by atoms with Gasteiger partial charge in [-0.15, -0.1) is 10.2 Å². The summed E-state index contributed by atoms with van der Waals surface area (Å²) in [5.74, 6) is -2.39. The van der Waals surface area contributed by atoms with Crippen LogP contribution in [0, 0.1) is 11.6 Å². The Kier molecular flexibility index (Phi) is 7.73. The molecule has 2 fully saturated rings. The first-order valence-corrected chi connectivity index (χ1v) is 12.4. The standard InChI is InChI=1S/C23H27ClF2N6O6/c1-36-22-15(9-31-10-17(28-29-31)23(35)4-6-37-7-5-23)38-16(11-33)21(34)20(22)32-8-14(27-30-32)12-2-3-13(24)19(26)18(12)25/h2-3,8,10,15-16,20-22,33-35H,4-7,9,11H2,1H3/t15-,16-,20+,21+,22+/m1/s1. The lowest BCUT2D eigenvalue weighted by atomic mass is 9.91. The molecule has 5 atom stereocenters. The molecule has 0 radical (unpaired) electrons. The summed E-state index contributed by atoms with van der Waals surface area (Å²) < 4.78 is 48.2. The summed E-state index contributed by atoms with van der Waals surface area (Å²) in [5, 5.41) is 47.7. The topological polar surface area (TPSA) is 150 Å². The zero-order valence-electron chi connectivity index (χ0n) is 20.3. The minimum atomic E-state index is -1.28. The molecule has 0 aliphatic carbocycles. The maximum absolute atomic E-state index is 14.5. The molecular weight excluding hydrogens is 530 g/mol. The van der Waals surface area contributed by atoms with E-state index in [4.69, 9.17) is 25.8 Å². The summed E-state index contributed by atoms with van der Waals surface area (Å²) in [6, 6.07) is 1.56. The van der Waals surface area contributed by atoms with Gasteiger partial charge in [-0.25, -0.2) is 18.1 Å². The van der Waals surface area contributed by atoms with E-state index in [-0.39, 0.29) is 22.8 Å². The van der Waals surface area contributed by atoms with Crippen molar-refractivity contribution in [3.05, 3.63) is 46.9 Å². The zero-order chi connectivity index (χ0) is 27.0. The van der Waals surface area contributed by atoms with Gasteiger partial charge in [0.15, 0.2) is 11.6 Å². The summed E-state index contributed by atoms with van der Waals surface area (Å²) >= 11 is 5.65. The van der Waals surface area contributed by atoms with Crippen molar-refractivity contribution in [3.8, 4) is 11.3 Å². The van der Waals surface area contributed by atoms with Gasteiger partial charge >= 0.3 is 0 Å². The molecule has 2 aromatic heterocycles. The van der Waals surface area contributed by atoms with Crippen LogP contribution in [0.1, 0.15) is 24.6 Å². The third-order valence-corrected chi connectivity index (χ3v) is 7.36. The third kappa shape index (κ3) is 4.93. The van der Waals surface area contributed by atoms with Crippen molar-refractivity contribution in [1.29, 1.82) is 0 Å². The van der Waals surface area contributed by atoms with Gasteiger partial charge < -0.3 is 29.5 Å². The van der Waals surface area contributed by atoms with E-state index in [1.54, 1.807) is 6.20 Å². The molecule has 38 heavy (non-hydrogen) atoms. The minimum absolute atomic E-state index is 0.00864. The Labute approximate surface area is 220 Å². The van der Waals surface area contributed by atoms with Crippen molar-refractivity contribution in [1.82, 2.24) is 30.0 Å².